The molecule has 9 rings (SSSR count). The summed E-state index contributed by atoms with van der Waals surface area (Å²) in [5, 5.41) is 11.3. The van der Waals surface area contributed by atoms with Crippen molar-refractivity contribution in [2.24, 2.45) is 0 Å². The van der Waals surface area contributed by atoms with Gasteiger partial charge in [0.15, 0.2) is 0 Å². The number of fused-ring (bicyclic) bond motifs is 14. The highest BCUT2D eigenvalue weighted by molar-refractivity contribution is 7.25. The normalized spacial score (nSPS) is 12.6. The summed E-state index contributed by atoms with van der Waals surface area (Å²) in [4.78, 5) is 0. The van der Waals surface area contributed by atoms with Gasteiger partial charge in [-0.15, -0.1) is 11.3 Å². The maximum absolute atomic E-state index is 6.32. The van der Waals surface area contributed by atoms with Gasteiger partial charge in [-0.05, 0) is 41.8 Å². The largest absolute Gasteiger partial charge is 0.456 e. The van der Waals surface area contributed by atoms with E-state index in [-0.39, 0.29) is 0 Å². The van der Waals surface area contributed by atoms with Gasteiger partial charge in [-0.1, -0.05) is 60.7 Å². The SMILES string of the molecule is c1ccc2c(c1)cn1c3cc4c(cc3c3cc5oc6ccccc6c5cc3c21)sc1ccccc14. The Balaban J connectivity index is 1.60. The number of hydrogen-bond donors (Lipinski definition) is 0. The lowest BCUT2D eigenvalue weighted by Gasteiger charge is -2.11. The van der Waals surface area contributed by atoms with Crippen LogP contribution in [0.2, 0.25) is 0 Å². The van der Waals surface area contributed by atoms with E-state index in [4.69, 9.17) is 4.42 Å². The fourth-order valence-electron chi connectivity index (χ4n) is 5.99. The maximum Gasteiger partial charge on any atom is 0.136 e. The summed E-state index contributed by atoms with van der Waals surface area (Å²) < 4.78 is 11.4. The van der Waals surface area contributed by atoms with E-state index in [1.165, 1.54) is 68.9 Å². The van der Waals surface area contributed by atoms with Crippen LogP contribution in [0.3, 0.4) is 0 Å². The third-order valence-electron chi connectivity index (χ3n) is 7.54. The van der Waals surface area contributed by atoms with E-state index in [1.807, 2.05) is 17.4 Å². The minimum absolute atomic E-state index is 0.935. The van der Waals surface area contributed by atoms with Crippen molar-refractivity contribution in [2.45, 2.75) is 0 Å². The van der Waals surface area contributed by atoms with Gasteiger partial charge in [0.05, 0.1) is 11.0 Å². The van der Waals surface area contributed by atoms with Crippen molar-refractivity contribution in [3.8, 4) is 0 Å². The highest BCUT2D eigenvalue weighted by Gasteiger charge is 2.17. The average Bonchev–Trinajstić information content (AvgIpc) is 3.57. The molecule has 4 aromatic heterocycles. The van der Waals surface area contributed by atoms with Crippen LogP contribution in [-0.2, 0) is 0 Å². The number of nitrogens with zero attached hydrogens (tertiary/aromatic N) is 1. The molecule has 0 saturated heterocycles. The Labute approximate surface area is 203 Å². The van der Waals surface area contributed by atoms with E-state index in [2.05, 4.69) is 102 Å². The van der Waals surface area contributed by atoms with Crippen LogP contribution in [0.25, 0.3) is 80.1 Å². The molecule has 0 aliphatic rings. The summed E-state index contributed by atoms with van der Waals surface area (Å²) in [5.74, 6) is 0. The highest BCUT2D eigenvalue weighted by atomic mass is 32.1. The summed E-state index contributed by atoms with van der Waals surface area (Å²) in [6.07, 6.45) is 2.30. The van der Waals surface area contributed by atoms with Gasteiger partial charge in [0.1, 0.15) is 11.2 Å². The number of aromatic nitrogens is 1. The lowest BCUT2D eigenvalue weighted by Crippen LogP contribution is -1.90. The zero-order chi connectivity index (χ0) is 22.7. The first kappa shape index (κ1) is 18.0. The molecule has 0 N–H and O–H groups in total. The number of pyridine rings is 1. The van der Waals surface area contributed by atoms with Crippen molar-refractivity contribution < 1.29 is 4.42 Å². The van der Waals surface area contributed by atoms with E-state index in [1.54, 1.807) is 0 Å². The van der Waals surface area contributed by atoms with E-state index < -0.39 is 0 Å². The fraction of sp³-hybridized carbons (Fsp3) is 0. The molecule has 0 aliphatic heterocycles. The first-order valence-electron chi connectivity index (χ1n) is 11.9. The molecular weight excluding hydrogens is 446 g/mol. The maximum atomic E-state index is 6.32. The Morgan fingerprint density at radius 3 is 2.26 bits per heavy atom. The van der Waals surface area contributed by atoms with E-state index >= 15 is 0 Å². The van der Waals surface area contributed by atoms with Crippen LogP contribution in [-0.4, -0.2) is 4.40 Å². The van der Waals surface area contributed by atoms with Gasteiger partial charge in [0.2, 0.25) is 0 Å². The fourth-order valence-corrected chi connectivity index (χ4v) is 7.12. The van der Waals surface area contributed by atoms with Crippen LogP contribution in [0, 0.1) is 0 Å². The molecule has 4 heterocycles. The lowest BCUT2D eigenvalue weighted by atomic mass is 9.99. The smallest absolute Gasteiger partial charge is 0.136 e. The van der Waals surface area contributed by atoms with Gasteiger partial charge in [0.25, 0.3) is 0 Å². The molecule has 0 atom stereocenters. The van der Waals surface area contributed by atoms with Crippen LogP contribution in [0.5, 0.6) is 0 Å². The van der Waals surface area contributed by atoms with Crippen molar-refractivity contribution in [3.05, 3.63) is 103 Å². The Morgan fingerprint density at radius 1 is 0.514 bits per heavy atom. The van der Waals surface area contributed by atoms with E-state index in [0.29, 0.717) is 0 Å². The Kier molecular flexibility index (Phi) is 3.20. The summed E-state index contributed by atoms with van der Waals surface area (Å²) in [6, 6.07) is 35.1. The Morgan fingerprint density at radius 2 is 1.31 bits per heavy atom. The molecule has 0 fully saturated rings. The number of rotatable bonds is 0. The summed E-state index contributed by atoms with van der Waals surface area (Å²) in [6.45, 7) is 0. The molecule has 2 nitrogen and oxygen atoms in total. The summed E-state index contributed by atoms with van der Waals surface area (Å²) >= 11 is 1.87. The van der Waals surface area contributed by atoms with Crippen molar-refractivity contribution in [3.63, 3.8) is 0 Å². The Bertz CT molecular complexity index is 2330. The molecule has 162 valence electrons. The van der Waals surface area contributed by atoms with Crippen molar-refractivity contribution >= 4 is 91.4 Å². The predicted molar refractivity (Wildman–Crippen MR) is 150 cm³/mol. The molecule has 0 spiro atoms. The lowest BCUT2D eigenvalue weighted by molar-refractivity contribution is 0.669. The molecule has 0 radical (unpaired) electrons. The van der Waals surface area contributed by atoms with Crippen LogP contribution in [0.1, 0.15) is 0 Å². The molecule has 0 aliphatic carbocycles. The number of hydrogen-bond acceptors (Lipinski definition) is 2. The van der Waals surface area contributed by atoms with Gasteiger partial charge >= 0.3 is 0 Å². The molecule has 0 saturated carbocycles. The molecule has 5 aromatic carbocycles. The molecule has 0 unspecified atom stereocenters. The van der Waals surface area contributed by atoms with E-state index in [0.717, 1.165) is 11.2 Å². The number of benzene rings is 5. The third-order valence-corrected chi connectivity index (χ3v) is 8.68. The summed E-state index contributed by atoms with van der Waals surface area (Å²) in [7, 11) is 0. The standard InChI is InChI=1S/C32H17NOS/c1-2-8-19-18(7-1)17-33-27-14-25-21-10-4-6-12-30(21)35-31(25)16-23(27)22-15-29-24(13-26(22)32(19)33)20-9-3-5-11-28(20)34-29/h1-17H. The highest BCUT2D eigenvalue weighted by Crippen LogP contribution is 2.43. The van der Waals surface area contributed by atoms with E-state index in [9.17, 15) is 0 Å². The van der Waals surface area contributed by atoms with Crippen LogP contribution in [0.15, 0.2) is 108 Å². The molecule has 0 amide bonds. The first-order chi connectivity index (χ1) is 17.3. The van der Waals surface area contributed by atoms with Crippen LogP contribution < -0.4 is 0 Å². The van der Waals surface area contributed by atoms with Gasteiger partial charge < -0.3 is 8.82 Å². The zero-order valence-electron chi connectivity index (χ0n) is 18.6. The van der Waals surface area contributed by atoms with Crippen molar-refractivity contribution in [1.82, 2.24) is 4.40 Å². The monoisotopic (exact) mass is 463 g/mol. The van der Waals surface area contributed by atoms with Gasteiger partial charge in [-0.3, -0.25) is 0 Å². The van der Waals surface area contributed by atoms with Crippen LogP contribution >= 0.6 is 11.3 Å². The molecule has 35 heavy (non-hydrogen) atoms. The quantitative estimate of drug-likeness (QED) is 0.205. The topological polar surface area (TPSA) is 17.6 Å². The second-order valence-electron chi connectivity index (χ2n) is 9.39. The molecule has 0 bridgehead atoms. The Hall–Kier alpha value is -4.34. The van der Waals surface area contributed by atoms with Gasteiger partial charge in [-0.25, -0.2) is 0 Å². The van der Waals surface area contributed by atoms with Crippen LogP contribution in [0.4, 0.5) is 0 Å². The average molecular weight is 464 g/mol. The zero-order valence-corrected chi connectivity index (χ0v) is 19.4. The second-order valence-corrected chi connectivity index (χ2v) is 10.5. The predicted octanol–water partition coefficient (Wildman–Crippen LogP) is 9.67. The number of thiophene rings is 1. The minimum Gasteiger partial charge on any atom is -0.456 e. The third kappa shape index (κ3) is 2.24. The van der Waals surface area contributed by atoms with Gasteiger partial charge in [-0.2, -0.15) is 0 Å². The second kappa shape index (κ2) is 6.21. The molecule has 3 heteroatoms. The number of furan rings is 1. The van der Waals surface area contributed by atoms with Gasteiger partial charge in [0, 0.05) is 58.7 Å². The minimum atomic E-state index is 0.935. The number of para-hydroxylation sites is 1. The van der Waals surface area contributed by atoms with Crippen molar-refractivity contribution in [1.29, 1.82) is 0 Å². The molecular formula is C32H17NOS. The first-order valence-corrected chi connectivity index (χ1v) is 12.7. The summed E-state index contributed by atoms with van der Waals surface area (Å²) in [5.41, 5.74) is 4.37. The van der Waals surface area contributed by atoms with Crippen molar-refractivity contribution in [2.75, 3.05) is 0 Å². The molecule has 9 aromatic rings.